The van der Waals surface area contributed by atoms with Crippen LogP contribution in [0.3, 0.4) is 0 Å². The standard InChI is InChI=1S/C20H20N2O2/c1-23-17-8-6-15(7-9-17)19-14-16-4-2-3-5-18(16)20(21-19)22-10-12-24-13-11-22/h2-9,14H,10-13H2,1H3. The minimum absolute atomic E-state index is 0.753. The molecule has 2 aromatic carbocycles. The fourth-order valence-electron chi connectivity index (χ4n) is 3.11. The van der Waals surface area contributed by atoms with Crippen molar-refractivity contribution in [3.8, 4) is 17.0 Å². The van der Waals surface area contributed by atoms with E-state index in [-0.39, 0.29) is 0 Å². The van der Waals surface area contributed by atoms with Gasteiger partial charge in [0.1, 0.15) is 11.6 Å². The highest BCUT2D eigenvalue weighted by Crippen LogP contribution is 2.31. The third-order valence-electron chi connectivity index (χ3n) is 4.42. The van der Waals surface area contributed by atoms with Crippen LogP contribution in [0.4, 0.5) is 5.82 Å². The van der Waals surface area contributed by atoms with E-state index in [1.807, 2.05) is 12.1 Å². The van der Waals surface area contributed by atoms with E-state index in [1.54, 1.807) is 7.11 Å². The van der Waals surface area contributed by atoms with Gasteiger partial charge in [0.2, 0.25) is 0 Å². The van der Waals surface area contributed by atoms with Gasteiger partial charge in [-0.1, -0.05) is 24.3 Å². The fourth-order valence-corrected chi connectivity index (χ4v) is 3.11. The van der Waals surface area contributed by atoms with Gasteiger partial charge in [0.25, 0.3) is 0 Å². The Bertz CT molecular complexity index is 840. The molecule has 0 amide bonds. The Kier molecular flexibility index (Phi) is 4.05. The molecular weight excluding hydrogens is 300 g/mol. The Labute approximate surface area is 141 Å². The zero-order valence-corrected chi connectivity index (χ0v) is 13.7. The molecule has 0 N–H and O–H groups in total. The van der Waals surface area contributed by atoms with Gasteiger partial charge >= 0.3 is 0 Å². The van der Waals surface area contributed by atoms with Gasteiger partial charge in [0.05, 0.1) is 26.0 Å². The minimum atomic E-state index is 0.753. The number of ether oxygens (including phenoxy) is 2. The Morgan fingerprint density at radius 2 is 1.75 bits per heavy atom. The van der Waals surface area contributed by atoms with E-state index in [0.29, 0.717) is 0 Å². The molecule has 24 heavy (non-hydrogen) atoms. The van der Waals surface area contributed by atoms with Crippen molar-refractivity contribution < 1.29 is 9.47 Å². The summed E-state index contributed by atoms with van der Waals surface area (Å²) in [4.78, 5) is 7.30. The smallest absolute Gasteiger partial charge is 0.137 e. The second-order valence-corrected chi connectivity index (χ2v) is 5.88. The molecule has 0 aliphatic carbocycles. The summed E-state index contributed by atoms with van der Waals surface area (Å²) in [5, 5.41) is 2.40. The summed E-state index contributed by atoms with van der Waals surface area (Å²) in [6, 6.07) is 18.6. The van der Waals surface area contributed by atoms with E-state index in [0.717, 1.165) is 49.1 Å². The summed E-state index contributed by atoms with van der Waals surface area (Å²) >= 11 is 0. The van der Waals surface area contributed by atoms with Crippen LogP contribution in [0.15, 0.2) is 54.6 Å². The topological polar surface area (TPSA) is 34.6 Å². The van der Waals surface area contributed by atoms with Crippen LogP contribution in [-0.2, 0) is 4.74 Å². The molecule has 4 heteroatoms. The molecule has 4 rings (SSSR count). The number of benzene rings is 2. The van der Waals surface area contributed by atoms with Gasteiger partial charge in [-0.25, -0.2) is 4.98 Å². The van der Waals surface area contributed by atoms with Crippen LogP contribution >= 0.6 is 0 Å². The quantitative estimate of drug-likeness (QED) is 0.736. The van der Waals surface area contributed by atoms with Crippen molar-refractivity contribution in [2.75, 3.05) is 38.3 Å². The second-order valence-electron chi connectivity index (χ2n) is 5.88. The number of hydrogen-bond acceptors (Lipinski definition) is 4. The molecule has 122 valence electrons. The van der Waals surface area contributed by atoms with Gasteiger partial charge in [0, 0.05) is 24.0 Å². The average molecular weight is 320 g/mol. The van der Waals surface area contributed by atoms with Crippen LogP contribution < -0.4 is 9.64 Å². The molecule has 1 fully saturated rings. The number of pyridine rings is 1. The Morgan fingerprint density at radius 1 is 1.00 bits per heavy atom. The first-order valence-corrected chi connectivity index (χ1v) is 8.22. The largest absolute Gasteiger partial charge is 0.497 e. The number of fused-ring (bicyclic) bond motifs is 1. The van der Waals surface area contributed by atoms with E-state index < -0.39 is 0 Å². The lowest BCUT2D eigenvalue weighted by molar-refractivity contribution is 0.122. The molecule has 1 saturated heterocycles. The molecule has 0 unspecified atom stereocenters. The van der Waals surface area contributed by atoms with Gasteiger partial charge in [-0.3, -0.25) is 0 Å². The van der Waals surface area contributed by atoms with Gasteiger partial charge < -0.3 is 14.4 Å². The van der Waals surface area contributed by atoms with E-state index in [1.165, 1.54) is 10.8 Å². The SMILES string of the molecule is COc1ccc(-c2cc3ccccc3c(N3CCOCC3)n2)cc1. The van der Waals surface area contributed by atoms with E-state index in [2.05, 4.69) is 47.4 Å². The number of methoxy groups -OCH3 is 1. The molecule has 0 radical (unpaired) electrons. The van der Waals surface area contributed by atoms with Gasteiger partial charge in [-0.15, -0.1) is 0 Å². The molecule has 1 aliphatic heterocycles. The molecule has 0 spiro atoms. The van der Waals surface area contributed by atoms with Gasteiger partial charge in [-0.2, -0.15) is 0 Å². The van der Waals surface area contributed by atoms with Crippen molar-refractivity contribution in [3.05, 3.63) is 54.6 Å². The zero-order chi connectivity index (χ0) is 16.4. The highest BCUT2D eigenvalue weighted by molar-refractivity contribution is 5.95. The van der Waals surface area contributed by atoms with Crippen LogP contribution in [0.1, 0.15) is 0 Å². The van der Waals surface area contributed by atoms with Crippen LogP contribution in [0.25, 0.3) is 22.0 Å². The third kappa shape index (κ3) is 2.81. The molecule has 4 nitrogen and oxygen atoms in total. The number of hydrogen-bond donors (Lipinski definition) is 0. The van der Waals surface area contributed by atoms with Crippen LogP contribution in [0.5, 0.6) is 5.75 Å². The molecule has 1 aliphatic rings. The lowest BCUT2D eigenvalue weighted by Gasteiger charge is -2.29. The fraction of sp³-hybridized carbons (Fsp3) is 0.250. The summed E-state index contributed by atoms with van der Waals surface area (Å²) in [6.07, 6.45) is 0. The number of morpholine rings is 1. The molecule has 3 aromatic rings. The maximum absolute atomic E-state index is 5.49. The molecule has 0 saturated carbocycles. The monoisotopic (exact) mass is 320 g/mol. The number of nitrogens with zero attached hydrogens (tertiary/aromatic N) is 2. The Morgan fingerprint density at radius 3 is 2.50 bits per heavy atom. The molecular formula is C20H20N2O2. The zero-order valence-electron chi connectivity index (χ0n) is 13.7. The van der Waals surface area contributed by atoms with Crippen LogP contribution in [0.2, 0.25) is 0 Å². The van der Waals surface area contributed by atoms with Crippen LogP contribution in [0, 0.1) is 0 Å². The van der Waals surface area contributed by atoms with Crippen molar-refractivity contribution in [1.29, 1.82) is 0 Å². The average Bonchev–Trinajstić information content (AvgIpc) is 2.68. The van der Waals surface area contributed by atoms with E-state index in [9.17, 15) is 0 Å². The van der Waals surface area contributed by atoms with Crippen molar-refractivity contribution in [3.63, 3.8) is 0 Å². The molecule has 1 aromatic heterocycles. The first kappa shape index (κ1) is 15.0. The highest BCUT2D eigenvalue weighted by atomic mass is 16.5. The number of rotatable bonds is 3. The first-order chi connectivity index (χ1) is 11.8. The lowest BCUT2D eigenvalue weighted by atomic mass is 10.1. The third-order valence-corrected chi connectivity index (χ3v) is 4.42. The van der Waals surface area contributed by atoms with Gasteiger partial charge in [0.15, 0.2) is 0 Å². The minimum Gasteiger partial charge on any atom is -0.497 e. The highest BCUT2D eigenvalue weighted by Gasteiger charge is 2.16. The summed E-state index contributed by atoms with van der Waals surface area (Å²) in [5.41, 5.74) is 2.08. The summed E-state index contributed by atoms with van der Waals surface area (Å²) in [5.74, 6) is 1.90. The predicted octanol–water partition coefficient (Wildman–Crippen LogP) is 3.75. The molecule has 2 heterocycles. The van der Waals surface area contributed by atoms with Crippen LogP contribution in [-0.4, -0.2) is 38.4 Å². The molecule has 0 atom stereocenters. The Balaban J connectivity index is 1.83. The first-order valence-electron chi connectivity index (χ1n) is 8.22. The number of anilines is 1. The Hall–Kier alpha value is -2.59. The van der Waals surface area contributed by atoms with E-state index >= 15 is 0 Å². The summed E-state index contributed by atoms with van der Waals surface area (Å²) < 4.78 is 10.7. The van der Waals surface area contributed by atoms with E-state index in [4.69, 9.17) is 14.5 Å². The maximum atomic E-state index is 5.49. The normalized spacial score (nSPS) is 14.8. The summed E-state index contributed by atoms with van der Waals surface area (Å²) in [6.45, 7) is 3.26. The lowest BCUT2D eigenvalue weighted by Crippen LogP contribution is -2.36. The van der Waals surface area contributed by atoms with Crippen molar-refractivity contribution in [2.45, 2.75) is 0 Å². The molecule has 0 bridgehead atoms. The second kappa shape index (κ2) is 6.49. The van der Waals surface area contributed by atoms with Crippen molar-refractivity contribution in [2.24, 2.45) is 0 Å². The van der Waals surface area contributed by atoms with Crippen molar-refractivity contribution >= 4 is 16.6 Å². The maximum Gasteiger partial charge on any atom is 0.137 e. The van der Waals surface area contributed by atoms with Crippen molar-refractivity contribution in [1.82, 2.24) is 4.98 Å². The number of aromatic nitrogens is 1. The predicted molar refractivity (Wildman–Crippen MR) is 96.8 cm³/mol. The van der Waals surface area contributed by atoms with Gasteiger partial charge in [-0.05, 0) is 35.7 Å². The summed E-state index contributed by atoms with van der Waals surface area (Å²) in [7, 11) is 1.68.